The van der Waals surface area contributed by atoms with Gasteiger partial charge in [0.1, 0.15) is 5.75 Å². The second kappa shape index (κ2) is 10.1. The minimum Gasteiger partial charge on any atom is -0.492 e. The molecule has 161 valence electrons. The van der Waals surface area contributed by atoms with E-state index in [0.29, 0.717) is 25.0 Å². The molecule has 9 heteroatoms. The molecule has 0 saturated carbocycles. The first-order valence-corrected chi connectivity index (χ1v) is 11.3. The van der Waals surface area contributed by atoms with Crippen molar-refractivity contribution in [2.45, 2.75) is 44.4 Å². The summed E-state index contributed by atoms with van der Waals surface area (Å²) in [7, 11) is -1.33. The molecule has 0 unspecified atom stereocenters. The van der Waals surface area contributed by atoms with Gasteiger partial charge in [0.15, 0.2) is 10.9 Å². The molecule has 1 atom stereocenters. The Balaban J connectivity index is 0.00000272. The van der Waals surface area contributed by atoms with Crippen LogP contribution in [0.1, 0.15) is 30.7 Å². The van der Waals surface area contributed by atoms with Crippen LogP contribution in [0.3, 0.4) is 0 Å². The van der Waals surface area contributed by atoms with Crippen molar-refractivity contribution < 1.29 is 18.4 Å². The number of imidazole rings is 1. The Morgan fingerprint density at radius 2 is 1.94 bits per heavy atom. The molecule has 1 aromatic carbocycles. The number of aromatic amines is 1. The summed E-state index contributed by atoms with van der Waals surface area (Å²) >= 11 is 0. The van der Waals surface area contributed by atoms with E-state index in [0.717, 1.165) is 33.6 Å². The number of H-pyrrole nitrogens is 1. The largest absolute Gasteiger partial charge is 0.492 e. The monoisotopic (exact) mass is 452 g/mol. The van der Waals surface area contributed by atoms with Crippen molar-refractivity contribution >= 4 is 51.4 Å². The third-order valence-corrected chi connectivity index (χ3v) is 6.35. The molecule has 2 aromatic heterocycles. The molecule has 1 fully saturated rings. The normalized spacial score (nSPS) is 17.3. The van der Waals surface area contributed by atoms with Crippen molar-refractivity contribution in [1.29, 1.82) is 0 Å². The molecule has 3 heterocycles. The van der Waals surface area contributed by atoms with Crippen LogP contribution in [0.5, 0.6) is 5.75 Å². The number of benzene rings is 1. The van der Waals surface area contributed by atoms with Gasteiger partial charge in [-0.25, -0.2) is 4.98 Å². The van der Waals surface area contributed by atoms with Crippen LogP contribution in [0.15, 0.2) is 35.6 Å². The Hall–Kier alpha value is -1.29. The van der Waals surface area contributed by atoms with E-state index in [1.165, 1.54) is 0 Å². The van der Waals surface area contributed by atoms with Crippen LogP contribution in [0, 0.1) is 19.8 Å². The van der Waals surface area contributed by atoms with E-state index in [9.17, 15) is 4.21 Å². The van der Waals surface area contributed by atoms with Gasteiger partial charge in [-0.05, 0) is 39.8 Å². The van der Waals surface area contributed by atoms with Crippen LogP contribution in [0.25, 0.3) is 11.0 Å². The van der Waals surface area contributed by atoms with E-state index in [-0.39, 0.29) is 41.2 Å². The van der Waals surface area contributed by atoms with Gasteiger partial charge in [-0.2, -0.15) is 0 Å². The number of aromatic nitrogens is 3. The van der Waals surface area contributed by atoms with Crippen molar-refractivity contribution in [2.75, 3.05) is 19.8 Å². The Bertz CT molecular complexity index is 1040. The molecule has 0 bridgehead atoms. The predicted octanol–water partition coefficient (Wildman–Crippen LogP) is 3.28. The zero-order chi connectivity index (χ0) is 21.3. The molecule has 1 saturated heterocycles. The predicted molar refractivity (Wildman–Crippen MR) is 121 cm³/mol. The number of hydrogen-bond acceptors (Lipinski definition) is 6. The minimum absolute atomic E-state index is 0. The summed E-state index contributed by atoms with van der Waals surface area (Å²) in [6.45, 7) is 9.43. The van der Waals surface area contributed by atoms with Gasteiger partial charge in [0.2, 0.25) is 0 Å². The zero-order valence-electron chi connectivity index (χ0n) is 18.7. The van der Waals surface area contributed by atoms with Crippen molar-refractivity contribution in [3.05, 3.63) is 47.3 Å². The number of pyridine rings is 1. The third kappa shape index (κ3) is 5.74. The van der Waals surface area contributed by atoms with Crippen LogP contribution in [-0.2, 0) is 26.0 Å². The number of nitrogens with zero attached hydrogens (tertiary/aromatic N) is 2. The van der Waals surface area contributed by atoms with Crippen molar-refractivity contribution in [3.63, 3.8) is 0 Å². The van der Waals surface area contributed by atoms with Crippen LogP contribution in [0.2, 0.25) is 0 Å². The van der Waals surface area contributed by atoms with Crippen LogP contribution < -0.4 is 4.74 Å². The number of para-hydroxylation sites is 2. The summed E-state index contributed by atoms with van der Waals surface area (Å²) in [4.78, 5) is 12.1. The fraction of sp³-hybridized carbons (Fsp3) is 0.455. The molecule has 1 N–H and O–H groups in total. The van der Waals surface area contributed by atoms with Gasteiger partial charge in [-0.15, -0.1) is 0 Å². The molecule has 0 amide bonds. The molecule has 1 aliphatic rings. The maximum Gasteiger partial charge on any atom is 0.197 e. The van der Waals surface area contributed by atoms with Gasteiger partial charge >= 0.3 is 0 Å². The molecule has 7 nitrogen and oxygen atoms in total. The average molecular weight is 453 g/mol. The molecule has 1 aliphatic heterocycles. The molecule has 0 aliphatic carbocycles. The molecule has 1 radical (unpaired) electrons. The van der Waals surface area contributed by atoms with E-state index in [2.05, 4.69) is 15.0 Å². The number of hydrogen-bond donors (Lipinski definition) is 1. The first-order chi connectivity index (χ1) is 14.3. The van der Waals surface area contributed by atoms with E-state index < -0.39 is 16.6 Å². The number of rotatable bonds is 6. The van der Waals surface area contributed by atoms with Gasteiger partial charge in [0.25, 0.3) is 0 Å². The smallest absolute Gasteiger partial charge is 0.197 e. The number of fused-ring (bicyclic) bond motifs is 1. The van der Waals surface area contributed by atoms with Crippen molar-refractivity contribution in [2.24, 2.45) is 5.92 Å². The second-order valence-corrected chi connectivity index (χ2v) is 9.46. The van der Waals surface area contributed by atoms with Crippen LogP contribution in [0.4, 0.5) is 0 Å². The summed E-state index contributed by atoms with van der Waals surface area (Å²) < 4.78 is 30.5. The quantitative estimate of drug-likeness (QED) is 0.578. The summed E-state index contributed by atoms with van der Waals surface area (Å²) in [5.41, 5.74) is 4.27. The Labute approximate surface area is 207 Å². The summed E-state index contributed by atoms with van der Waals surface area (Å²) in [5.74, 6) is 0.684. The SMILES string of the molecule is Cc1cnc(C[S@](=O)c2nc3ccccc3[nH]2)c(C)c1OCC1COC(C)(C)OC1.[Na]. The van der Waals surface area contributed by atoms with E-state index >= 15 is 0 Å². The molecule has 0 spiro atoms. The van der Waals surface area contributed by atoms with E-state index in [1.54, 1.807) is 6.20 Å². The Kier molecular flexibility index (Phi) is 7.94. The molecular weight excluding hydrogens is 425 g/mol. The summed E-state index contributed by atoms with van der Waals surface area (Å²) in [6, 6.07) is 7.65. The number of nitrogens with one attached hydrogen (secondary N) is 1. The number of ether oxygens (including phenoxy) is 3. The number of aryl methyl sites for hydroxylation is 1. The van der Waals surface area contributed by atoms with Gasteiger partial charge in [-0.3, -0.25) is 9.19 Å². The first-order valence-electron chi connectivity index (χ1n) is 10.0. The van der Waals surface area contributed by atoms with E-state index in [1.807, 2.05) is 52.0 Å². The molecule has 4 rings (SSSR count). The third-order valence-electron chi connectivity index (χ3n) is 5.19. The summed E-state index contributed by atoms with van der Waals surface area (Å²) in [6.07, 6.45) is 1.77. The maximum absolute atomic E-state index is 12.9. The standard InChI is InChI=1S/C22H27N3O4S.Na/c1-14-9-23-19(13-30(26)21-24-17-7-5-6-8-18(17)25-21)15(2)20(14)27-10-16-11-28-22(3,4)29-12-16;/h5-9,16H,10-13H2,1-4H3,(H,24,25);/t30-;/m0./s1. The van der Waals surface area contributed by atoms with Gasteiger partial charge < -0.3 is 19.2 Å². The van der Waals surface area contributed by atoms with Crippen molar-refractivity contribution in [3.8, 4) is 5.75 Å². The Morgan fingerprint density at radius 3 is 2.65 bits per heavy atom. The zero-order valence-corrected chi connectivity index (χ0v) is 21.5. The minimum atomic E-state index is -1.33. The fourth-order valence-electron chi connectivity index (χ4n) is 3.38. The molecule has 3 aromatic rings. The summed E-state index contributed by atoms with van der Waals surface area (Å²) in [5, 5.41) is 0.458. The van der Waals surface area contributed by atoms with Gasteiger partial charge in [0, 0.05) is 52.8 Å². The topological polar surface area (TPSA) is 86.3 Å². The molecular formula is C22H27N3NaO4S. The second-order valence-electron chi connectivity index (χ2n) is 8.09. The molecule has 31 heavy (non-hydrogen) atoms. The average Bonchev–Trinajstić information content (AvgIpc) is 3.15. The van der Waals surface area contributed by atoms with E-state index in [4.69, 9.17) is 14.2 Å². The van der Waals surface area contributed by atoms with Crippen LogP contribution in [-0.4, -0.2) is 74.3 Å². The first kappa shape index (κ1) is 24.4. The van der Waals surface area contributed by atoms with Crippen molar-refractivity contribution in [1.82, 2.24) is 15.0 Å². The maximum atomic E-state index is 12.9. The Morgan fingerprint density at radius 1 is 1.23 bits per heavy atom. The fourth-order valence-corrected chi connectivity index (χ4v) is 4.48. The van der Waals surface area contributed by atoms with Gasteiger partial charge in [0.05, 0.1) is 53.1 Å². The van der Waals surface area contributed by atoms with Gasteiger partial charge in [-0.1, -0.05) is 12.1 Å². The van der Waals surface area contributed by atoms with Crippen LogP contribution >= 0.6 is 0 Å².